The van der Waals surface area contributed by atoms with Crippen molar-refractivity contribution in [2.24, 2.45) is 0 Å². The van der Waals surface area contributed by atoms with Crippen molar-refractivity contribution in [3.63, 3.8) is 0 Å². The Morgan fingerprint density at radius 1 is 1.42 bits per heavy atom. The maximum atomic E-state index is 11.2. The summed E-state index contributed by atoms with van der Waals surface area (Å²) < 4.78 is 0. The highest BCUT2D eigenvalue weighted by Gasteiger charge is 2.23. The van der Waals surface area contributed by atoms with Gasteiger partial charge in [-0.1, -0.05) is 6.92 Å². The molecule has 0 aromatic carbocycles. The van der Waals surface area contributed by atoms with E-state index in [2.05, 4.69) is 28.6 Å². The van der Waals surface area contributed by atoms with Gasteiger partial charge in [0, 0.05) is 38.4 Å². The lowest BCUT2D eigenvalue weighted by Crippen LogP contribution is -2.50. The quantitative estimate of drug-likeness (QED) is 0.896. The zero-order valence-corrected chi connectivity index (χ0v) is 11.5. The summed E-state index contributed by atoms with van der Waals surface area (Å²) in [6.07, 6.45) is 2.80. The molecule has 2 rings (SSSR count). The van der Waals surface area contributed by atoms with Crippen molar-refractivity contribution in [1.82, 2.24) is 9.88 Å². The van der Waals surface area contributed by atoms with E-state index in [1.165, 1.54) is 0 Å². The molecule has 5 heteroatoms. The third kappa shape index (κ3) is 3.04. The van der Waals surface area contributed by atoms with E-state index in [4.69, 9.17) is 0 Å². The van der Waals surface area contributed by atoms with Crippen molar-refractivity contribution in [3.8, 4) is 0 Å². The fourth-order valence-electron chi connectivity index (χ4n) is 2.45. The van der Waals surface area contributed by atoms with Crippen LogP contribution in [0.15, 0.2) is 18.3 Å². The molecule has 0 spiro atoms. The number of aromatic nitrogens is 1. The van der Waals surface area contributed by atoms with Gasteiger partial charge >= 0.3 is 5.97 Å². The van der Waals surface area contributed by atoms with Crippen LogP contribution in [-0.2, 0) is 0 Å². The Bertz CT molecular complexity index is 442. The largest absolute Gasteiger partial charge is 0.478 e. The molecule has 0 amide bonds. The van der Waals surface area contributed by atoms with Gasteiger partial charge in [-0.25, -0.2) is 9.78 Å². The van der Waals surface area contributed by atoms with Crippen molar-refractivity contribution < 1.29 is 9.90 Å². The van der Waals surface area contributed by atoms with Crippen LogP contribution in [0.2, 0.25) is 0 Å². The number of nitrogens with zero attached hydrogens (tertiary/aromatic N) is 3. The van der Waals surface area contributed by atoms with Crippen molar-refractivity contribution >= 4 is 11.8 Å². The highest BCUT2D eigenvalue weighted by atomic mass is 16.4. The number of hydrogen-bond acceptors (Lipinski definition) is 4. The van der Waals surface area contributed by atoms with Crippen LogP contribution >= 0.6 is 0 Å². The van der Waals surface area contributed by atoms with E-state index in [9.17, 15) is 9.90 Å². The fourth-order valence-corrected chi connectivity index (χ4v) is 2.45. The third-order valence-electron chi connectivity index (χ3n) is 3.85. The van der Waals surface area contributed by atoms with E-state index in [1.807, 2.05) is 0 Å². The molecule has 0 saturated carbocycles. The second-order valence-corrected chi connectivity index (χ2v) is 4.96. The van der Waals surface area contributed by atoms with Crippen LogP contribution in [0.25, 0.3) is 0 Å². The van der Waals surface area contributed by atoms with Crippen LogP contribution in [0.4, 0.5) is 5.82 Å². The Morgan fingerprint density at radius 3 is 2.68 bits per heavy atom. The normalized spacial score (nSPS) is 18.3. The van der Waals surface area contributed by atoms with Gasteiger partial charge in [-0.3, -0.25) is 4.90 Å². The Hall–Kier alpha value is -1.62. The lowest BCUT2D eigenvalue weighted by molar-refractivity contribution is 0.0697. The first-order valence-electron chi connectivity index (χ1n) is 6.80. The van der Waals surface area contributed by atoms with Gasteiger partial charge in [-0.15, -0.1) is 0 Å². The molecule has 1 N–H and O–H groups in total. The lowest BCUT2D eigenvalue weighted by atomic mass is 10.1. The zero-order chi connectivity index (χ0) is 13.8. The predicted molar refractivity (Wildman–Crippen MR) is 74.7 cm³/mol. The maximum absolute atomic E-state index is 11.2. The maximum Gasteiger partial charge on any atom is 0.339 e. The number of pyridine rings is 1. The molecule has 1 aliphatic heterocycles. The number of aromatic carboxylic acids is 1. The Kier molecular flexibility index (Phi) is 4.37. The Balaban J connectivity index is 2.08. The summed E-state index contributed by atoms with van der Waals surface area (Å²) in [5.74, 6) is -0.314. The molecule has 1 atom stereocenters. The van der Waals surface area contributed by atoms with Gasteiger partial charge in [0.2, 0.25) is 0 Å². The minimum absolute atomic E-state index is 0.291. The van der Waals surface area contributed by atoms with Crippen molar-refractivity contribution in [3.05, 3.63) is 23.9 Å². The molecular weight excluding hydrogens is 242 g/mol. The molecule has 1 fully saturated rings. The first-order valence-corrected chi connectivity index (χ1v) is 6.80. The van der Waals surface area contributed by atoms with Gasteiger partial charge in [0.15, 0.2) is 0 Å². The molecule has 5 nitrogen and oxygen atoms in total. The van der Waals surface area contributed by atoms with Crippen LogP contribution < -0.4 is 4.90 Å². The van der Waals surface area contributed by atoms with E-state index < -0.39 is 5.97 Å². The second kappa shape index (κ2) is 6.02. The number of carboxylic acid groups (broad SMARTS) is 1. The van der Waals surface area contributed by atoms with E-state index >= 15 is 0 Å². The van der Waals surface area contributed by atoms with Gasteiger partial charge in [0.05, 0.1) is 0 Å². The second-order valence-electron chi connectivity index (χ2n) is 4.96. The molecule has 1 aromatic rings. The van der Waals surface area contributed by atoms with Gasteiger partial charge in [-0.05, 0) is 25.5 Å². The van der Waals surface area contributed by atoms with Gasteiger partial charge in [-0.2, -0.15) is 0 Å². The Labute approximate surface area is 113 Å². The molecule has 1 aliphatic rings. The molecule has 104 valence electrons. The van der Waals surface area contributed by atoms with Gasteiger partial charge in [0.1, 0.15) is 11.4 Å². The van der Waals surface area contributed by atoms with E-state index in [-0.39, 0.29) is 0 Å². The summed E-state index contributed by atoms with van der Waals surface area (Å²) in [7, 11) is 0. The number of piperazine rings is 1. The molecular formula is C14H21N3O2. The van der Waals surface area contributed by atoms with Crippen LogP contribution in [-0.4, -0.2) is 53.2 Å². The summed E-state index contributed by atoms with van der Waals surface area (Å²) in [6, 6.07) is 3.87. The number of carbonyl (C=O) groups is 1. The summed E-state index contributed by atoms with van der Waals surface area (Å²) >= 11 is 0. The first kappa shape index (κ1) is 13.8. The van der Waals surface area contributed by atoms with Crippen molar-refractivity contribution in [2.45, 2.75) is 26.3 Å². The summed E-state index contributed by atoms with van der Waals surface area (Å²) in [4.78, 5) is 20.0. The van der Waals surface area contributed by atoms with Crippen LogP contribution in [0.1, 0.15) is 30.6 Å². The minimum Gasteiger partial charge on any atom is -0.478 e. The average Bonchev–Trinajstić information content (AvgIpc) is 2.46. The summed E-state index contributed by atoms with van der Waals surface area (Å²) in [5, 5.41) is 9.20. The number of anilines is 1. The number of rotatable bonds is 4. The highest BCUT2D eigenvalue weighted by molar-refractivity contribution is 5.93. The van der Waals surface area contributed by atoms with E-state index in [0.717, 1.165) is 32.6 Å². The third-order valence-corrected chi connectivity index (χ3v) is 3.85. The smallest absolute Gasteiger partial charge is 0.339 e. The molecule has 1 aromatic heterocycles. The fraction of sp³-hybridized carbons (Fsp3) is 0.571. The molecule has 1 unspecified atom stereocenters. The molecule has 19 heavy (non-hydrogen) atoms. The van der Waals surface area contributed by atoms with E-state index in [0.29, 0.717) is 17.4 Å². The molecule has 1 saturated heterocycles. The zero-order valence-electron chi connectivity index (χ0n) is 11.5. The molecule has 0 aliphatic carbocycles. The topological polar surface area (TPSA) is 56.7 Å². The number of hydrogen-bond donors (Lipinski definition) is 1. The van der Waals surface area contributed by atoms with Gasteiger partial charge < -0.3 is 10.0 Å². The SMILES string of the molecule is CCC(C)N1CCN(c2ncccc2C(=O)O)CC1. The van der Waals surface area contributed by atoms with Crippen molar-refractivity contribution in [1.29, 1.82) is 0 Å². The predicted octanol–water partition coefficient (Wildman–Crippen LogP) is 1.70. The monoisotopic (exact) mass is 263 g/mol. The first-order chi connectivity index (χ1) is 9.13. The number of carboxylic acids is 1. The van der Waals surface area contributed by atoms with Crippen LogP contribution in [0.5, 0.6) is 0 Å². The standard InChI is InChI=1S/C14H21N3O2/c1-3-11(2)16-7-9-17(10-8-16)13-12(14(18)19)5-4-6-15-13/h4-6,11H,3,7-10H2,1-2H3,(H,18,19). The highest BCUT2D eigenvalue weighted by Crippen LogP contribution is 2.19. The van der Waals surface area contributed by atoms with Crippen LogP contribution in [0.3, 0.4) is 0 Å². The van der Waals surface area contributed by atoms with Crippen LogP contribution in [0, 0.1) is 0 Å². The minimum atomic E-state index is -0.910. The molecule has 0 radical (unpaired) electrons. The van der Waals surface area contributed by atoms with E-state index in [1.54, 1.807) is 18.3 Å². The summed E-state index contributed by atoms with van der Waals surface area (Å²) in [5.41, 5.74) is 0.291. The Morgan fingerprint density at radius 2 is 2.11 bits per heavy atom. The summed E-state index contributed by atoms with van der Waals surface area (Å²) in [6.45, 7) is 8.02. The van der Waals surface area contributed by atoms with Crippen molar-refractivity contribution in [2.75, 3.05) is 31.1 Å². The average molecular weight is 263 g/mol. The molecule has 2 heterocycles. The molecule has 0 bridgehead atoms. The van der Waals surface area contributed by atoms with Gasteiger partial charge in [0.25, 0.3) is 0 Å². The lowest BCUT2D eigenvalue weighted by Gasteiger charge is -2.38.